The van der Waals surface area contributed by atoms with Crippen LogP contribution in [-0.2, 0) is 57.6 Å². The minimum atomic E-state index is -1.73. The van der Waals surface area contributed by atoms with Crippen molar-refractivity contribution < 1.29 is 58.8 Å². The number of amides is 7. The predicted molar refractivity (Wildman–Crippen MR) is 242 cm³/mol. The molecule has 0 aromatic heterocycles. The van der Waals surface area contributed by atoms with Crippen LogP contribution < -0.4 is 37.6 Å². The molecule has 66 heavy (non-hydrogen) atoms. The minimum Gasteiger partial charge on any atom is -0.508 e. The van der Waals surface area contributed by atoms with E-state index in [1.807, 2.05) is 0 Å². The van der Waals surface area contributed by atoms with Gasteiger partial charge in [0.1, 0.15) is 42.0 Å². The first-order valence-electron chi connectivity index (χ1n) is 21.3. The van der Waals surface area contributed by atoms with Crippen LogP contribution in [-0.4, -0.2) is 146 Å². The van der Waals surface area contributed by atoms with Crippen molar-refractivity contribution in [2.45, 2.75) is 100 Å². The number of likely N-dealkylation sites (tertiary alicyclic amines) is 1. The number of carboxylic acids is 1. The topological polar surface area (TPSA) is 319 Å². The highest BCUT2D eigenvalue weighted by molar-refractivity contribution is 7.80. The number of nitrogens with one attached hydrogen (secondary N) is 6. The largest absolute Gasteiger partial charge is 0.508 e. The molecule has 7 amide bonds. The molecule has 21 heteroatoms. The summed E-state index contributed by atoms with van der Waals surface area (Å²) in [4.78, 5) is 108. The number of hydrogen-bond donors (Lipinski definition) is 12. The van der Waals surface area contributed by atoms with Crippen LogP contribution in [0.4, 0.5) is 0 Å². The molecule has 1 saturated heterocycles. The van der Waals surface area contributed by atoms with E-state index in [4.69, 9.17) is 5.73 Å². The summed E-state index contributed by atoms with van der Waals surface area (Å²) in [6.45, 7) is 2.06. The molecule has 3 aromatic rings. The maximum atomic E-state index is 14.3. The molecular formula is C45H58N8O12S. The number of phenols is 1. The number of aliphatic hydroxyl groups excluding tert-OH is 2. The Morgan fingerprint density at radius 1 is 0.636 bits per heavy atom. The zero-order chi connectivity index (χ0) is 48.5. The van der Waals surface area contributed by atoms with Crippen LogP contribution >= 0.6 is 12.6 Å². The Balaban J connectivity index is 1.57. The van der Waals surface area contributed by atoms with Crippen LogP contribution in [0.2, 0.25) is 0 Å². The van der Waals surface area contributed by atoms with Crippen LogP contribution in [0.15, 0.2) is 84.9 Å². The standard InChI is InChI=1S/C45H58N8O12S/c1-25(54)37(43(62)50-34(24-66)44(63)53-19-9-14-35(53)42(61)52-38(26(2)55)45(64)65)51-41(60)33(22-29-15-17-30(56)18-16-29)49-40(59)32(21-28-12-7-4-8-13-28)48-39(58)31(47-36(57)23-46)20-27-10-5-3-6-11-27/h3-8,10-13,15-18,25-26,31-35,37-38,54-56,66H,9,14,19-24,46H2,1-2H3,(H,47,57)(H,48,58)(H,49,59)(H,50,62)(H,51,60)(H,52,61)(H,64,65). The molecule has 0 saturated carbocycles. The van der Waals surface area contributed by atoms with Gasteiger partial charge >= 0.3 is 5.97 Å². The Morgan fingerprint density at radius 2 is 1.09 bits per heavy atom. The van der Waals surface area contributed by atoms with E-state index in [0.29, 0.717) is 23.1 Å². The maximum absolute atomic E-state index is 14.3. The molecule has 1 aliphatic rings. The normalized spacial score (nSPS) is 17.0. The average Bonchev–Trinajstić information content (AvgIpc) is 3.79. The number of aromatic hydroxyl groups is 1. The van der Waals surface area contributed by atoms with Crippen molar-refractivity contribution in [1.82, 2.24) is 36.8 Å². The van der Waals surface area contributed by atoms with Crippen molar-refractivity contribution in [3.63, 3.8) is 0 Å². The molecule has 9 atom stereocenters. The lowest BCUT2D eigenvalue weighted by atomic mass is 10.0. The van der Waals surface area contributed by atoms with Gasteiger partial charge < -0.3 is 63.0 Å². The van der Waals surface area contributed by atoms with Crippen LogP contribution in [0.5, 0.6) is 5.75 Å². The summed E-state index contributed by atoms with van der Waals surface area (Å²) in [6, 6.07) is 13.4. The van der Waals surface area contributed by atoms with Gasteiger partial charge in [-0.2, -0.15) is 12.6 Å². The van der Waals surface area contributed by atoms with Crippen LogP contribution in [0, 0.1) is 0 Å². The zero-order valence-electron chi connectivity index (χ0n) is 36.5. The van der Waals surface area contributed by atoms with Gasteiger partial charge in [-0.3, -0.25) is 33.6 Å². The second-order valence-electron chi connectivity index (χ2n) is 15.9. The first-order chi connectivity index (χ1) is 31.4. The highest BCUT2D eigenvalue weighted by Gasteiger charge is 2.41. The SMILES string of the molecule is CC(O)C(NC(=O)C1CCCN1C(=O)C(CS)NC(=O)C(NC(=O)C(Cc1ccc(O)cc1)NC(=O)C(Cc1ccccc1)NC(=O)C(Cc1ccccc1)NC(=O)CN)C(C)O)C(=O)O. The lowest BCUT2D eigenvalue weighted by molar-refractivity contribution is -0.147. The van der Waals surface area contributed by atoms with E-state index < -0.39 is 108 Å². The van der Waals surface area contributed by atoms with Gasteiger partial charge in [-0.1, -0.05) is 72.8 Å². The molecule has 0 aliphatic carbocycles. The first-order valence-corrected chi connectivity index (χ1v) is 21.9. The molecular weight excluding hydrogens is 877 g/mol. The third-order valence-corrected chi connectivity index (χ3v) is 11.2. The Kier molecular flexibility index (Phi) is 19.9. The molecule has 356 valence electrons. The van der Waals surface area contributed by atoms with E-state index in [2.05, 4.69) is 44.5 Å². The number of nitrogens with zero attached hydrogens (tertiary/aromatic N) is 1. The Bertz CT molecular complexity index is 2150. The Labute approximate surface area is 386 Å². The predicted octanol–water partition coefficient (Wildman–Crippen LogP) is -1.95. The van der Waals surface area contributed by atoms with Crippen LogP contribution in [0.25, 0.3) is 0 Å². The quantitative estimate of drug-likeness (QED) is 0.0461. The number of thiol groups is 1. The van der Waals surface area contributed by atoms with Gasteiger partial charge in [0.2, 0.25) is 41.4 Å². The number of phenolic OH excluding ortho intramolecular Hbond substituents is 1. The highest BCUT2D eigenvalue weighted by atomic mass is 32.1. The van der Waals surface area contributed by atoms with Crippen molar-refractivity contribution >= 4 is 59.9 Å². The second-order valence-corrected chi connectivity index (χ2v) is 16.3. The molecule has 1 aliphatic heterocycles. The number of carboxylic acid groups (broad SMARTS) is 1. The van der Waals surface area contributed by atoms with E-state index in [0.717, 1.165) is 4.90 Å². The van der Waals surface area contributed by atoms with E-state index >= 15 is 0 Å². The third-order valence-electron chi connectivity index (χ3n) is 10.8. The van der Waals surface area contributed by atoms with Crippen molar-refractivity contribution in [3.05, 3.63) is 102 Å². The summed E-state index contributed by atoms with van der Waals surface area (Å²) in [5.41, 5.74) is 7.34. The molecule has 3 aromatic carbocycles. The summed E-state index contributed by atoms with van der Waals surface area (Å²) in [6.07, 6.45) is -2.73. The van der Waals surface area contributed by atoms with Crippen molar-refractivity contribution in [3.8, 4) is 5.75 Å². The van der Waals surface area contributed by atoms with Crippen LogP contribution in [0.1, 0.15) is 43.4 Å². The maximum Gasteiger partial charge on any atom is 0.328 e. The van der Waals surface area contributed by atoms with Crippen LogP contribution in [0.3, 0.4) is 0 Å². The number of aliphatic carboxylic acids is 1. The van der Waals surface area contributed by atoms with Crippen molar-refractivity contribution in [2.75, 3.05) is 18.8 Å². The van der Waals surface area contributed by atoms with Gasteiger partial charge in [0, 0.05) is 31.6 Å². The van der Waals surface area contributed by atoms with Gasteiger partial charge in [0.25, 0.3) is 0 Å². The number of aliphatic hydroxyl groups is 2. The lowest BCUT2D eigenvalue weighted by Crippen LogP contribution is -2.62. The van der Waals surface area contributed by atoms with Gasteiger partial charge in [-0.05, 0) is 55.5 Å². The molecule has 20 nitrogen and oxygen atoms in total. The van der Waals surface area contributed by atoms with Gasteiger partial charge in [-0.25, -0.2) is 4.79 Å². The second kappa shape index (κ2) is 25.2. The van der Waals surface area contributed by atoms with Crippen molar-refractivity contribution in [2.24, 2.45) is 5.73 Å². The highest BCUT2D eigenvalue weighted by Crippen LogP contribution is 2.20. The molecule has 4 rings (SSSR count). The number of carbonyl (C=O) groups is 8. The van der Waals surface area contributed by atoms with Gasteiger partial charge in [0.05, 0.1) is 18.8 Å². The molecule has 0 radical (unpaired) electrons. The molecule has 0 bridgehead atoms. The van der Waals surface area contributed by atoms with E-state index in [1.54, 1.807) is 60.7 Å². The molecule has 12 N–H and O–H groups in total. The third kappa shape index (κ3) is 15.3. The first kappa shape index (κ1) is 52.1. The smallest absolute Gasteiger partial charge is 0.328 e. The summed E-state index contributed by atoms with van der Waals surface area (Å²) >= 11 is 4.23. The molecule has 0 spiro atoms. The monoisotopic (exact) mass is 934 g/mol. The van der Waals surface area contributed by atoms with Gasteiger partial charge in [-0.15, -0.1) is 0 Å². The summed E-state index contributed by atoms with van der Waals surface area (Å²) in [5.74, 6) is -7.60. The number of carbonyl (C=O) groups excluding carboxylic acids is 7. The fraction of sp³-hybridized carbons (Fsp3) is 0.422. The lowest BCUT2D eigenvalue weighted by Gasteiger charge is -2.31. The van der Waals surface area contributed by atoms with E-state index in [-0.39, 0.29) is 43.7 Å². The van der Waals surface area contributed by atoms with E-state index in [9.17, 15) is 58.8 Å². The zero-order valence-corrected chi connectivity index (χ0v) is 37.4. The Morgan fingerprint density at radius 3 is 1.55 bits per heavy atom. The Hall–Kier alpha value is -6.55. The number of hydrogen-bond acceptors (Lipinski definition) is 13. The molecule has 9 unspecified atom stereocenters. The fourth-order valence-corrected chi connectivity index (χ4v) is 7.49. The fourth-order valence-electron chi connectivity index (χ4n) is 7.24. The molecule has 1 heterocycles. The van der Waals surface area contributed by atoms with E-state index in [1.165, 1.54) is 38.1 Å². The number of nitrogens with two attached hydrogens (primary N) is 1. The summed E-state index contributed by atoms with van der Waals surface area (Å²) < 4.78 is 0. The number of benzene rings is 3. The minimum absolute atomic E-state index is 0.0531. The van der Waals surface area contributed by atoms with Crippen molar-refractivity contribution in [1.29, 1.82) is 0 Å². The summed E-state index contributed by atoms with van der Waals surface area (Å²) in [5, 5.41) is 55.2. The van der Waals surface area contributed by atoms with Gasteiger partial charge in [0.15, 0.2) is 6.04 Å². The average molecular weight is 935 g/mol. The molecule has 1 fully saturated rings. The number of rotatable bonds is 23. The summed E-state index contributed by atoms with van der Waals surface area (Å²) in [7, 11) is 0.